The number of allylic oxidation sites excluding steroid dienone is 8. The maximum Gasteiger partial charge on any atom is 0.330 e. The zero-order valence-corrected chi connectivity index (χ0v) is 25.3. The Labute approximate surface area is 258 Å². The fourth-order valence-electron chi connectivity index (χ4n) is 6.23. The van der Waals surface area contributed by atoms with Crippen LogP contribution in [0.15, 0.2) is 115 Å². The number of aromatic nitrogens is 1. The monoisotopic (exact) mass is 577 g/mol. The summed E-state index contributed by atoms with van der Waals surface area (Å²) in [4.78, 5) is 5.30. The van der Waals surface area contributed by atoms with E-state index >= 15 is 0 Å². The van der Waals surface area contributed by atoms with Gasteiger partial charge in [0.25, 0.3) is 0 Å². The largest absolute Gasteiger partial charge is 0.848 e. The van der Waals surface area contributed by atoms with Crippen LogP contribution in [-0.2, 0) is 4.65 Å². The van der Waals surface area contributed by atoms with E-state index in [1.165, 1.54) is 28.5 Å². The molecule has 3 nitrogen and oxygen atoms in total. The fourth-order valence-corrected chi connectivity index (χ4v) is 6.23. The molecule has 0 spiro atoms. The standard InChI is InChI=1S/C39H33BFNO2/c1-38(2,43)39(3,4)44-40-27-11-9-10-25(22-27)26-18-21-33-34(23-26)42-37(24-16-19-28(41)20-17-24)36-32-15-8-6-13-30(32)29-12-5-7-14-31(29)35(33)36/h5-23,29-30H,1-4H3/q-1. The summed E-state index contributed by atoms with van der Waals surface area (Å²) in [5.74, 6) is 0.166. The molecule has 7 rings (SSSR count). The summed E-state index contributed by atoms with van der Waals surface area (Å²) in [6, 6.07) is 21.2. The molecule has 44 heavy (non-hydrogen) atoms. The van der Waals surface area contributed by atoms with Gasteiger partial charge in [0, 0.05) is 33.6 Å². The topological polar surface area (TPSA) is 45.2 Å². The summed E-state index contributed by atoms with van der Waals surface area (Å²) in [5, 5.41) is 16.0. The lowest BCUT2D eigenvalue weighted by Crippen LogP contribution is -2.57. The summed E-state index contributed by atoms with van der Waals surface area (Å²) < 4.78 is 20.0. The molecule has 217 valence electrons. The van der Waals surface area contributed by atoms with Gasteiger partial charge in [-0.15, -0.1) is 0 Å². The highest BCUT2D eigenvalue weighted by atomic mass is 19.1. The average molecular weight is 578 g/mol. The van der Waals surface area contributed by atoms with Crippen LogP contribution in [-0.4, -0.2) is 23.7 Å². The minimum Gasteiger partial charge on any atom is -0.848 e. The number of rotatable bonds is 6. The first-order valence-electron chi connectivity index (χ1n) is 15.1. The smallest absolute Gasteiger partial charge is 0.330 e. The molecule has 3 aromatic carbocycles. The summed E-state index contributed by atoms with van der Waals surface area (Å²) in [6.07, 6.45) is 17.5. The Bertz CT molecular complexity index is 2050. The molecule has 3 aliphatic rings. The Morgan fingerprint density at radius 3 is 2.07 bits per heavy atom. The summed E-state index contributed by atoms with van der Waals surface area (Å²) in [7, 11) is 1.67. The van der Waals surface area contributed by atoms with Gasteiger partial charge < -0.3 is 9.76 Å². The van der Waals surface area contributed by atoms with Gasteiger partial charge in [0.1, 0.15) is 5.82 Å². The molecule has 0 fully saturated rings. The first-order valence-corrected chi connectivity index (χ1v) is 15.1. The van der Waals surface area contributed by atoms with Crippen LogP contribution in [0, 0.1) is 17.7 Å². The van der Waals surface area contributed by atoms with Crippen LogP contribution in [0.2, 0.25) is 0 Å². The Morgan fingerprint density at radius 2 is 1.39 bits per heavy atom. The SMILES string of the molecule is CC(C)([O-])C(C)(C)O[B]c1cccc(-c2ccc3c4c(c(-c5ccc(F)cc5)nc3c2)=C2C=CC=CC2C2C=CC=CC=42)c1. The van der Waals surface area contributed by atoms with E-state index in [0.717, 1.165) is 44.0 Å². The molecule has 0 saturated carbocycles. The first-order chi connectivity index (χ1) is 21.1. The molecule has 2 atom stereocenters. The molecule has 5 heteroatoms. The van der Waals surface area contributed by atoms with E-state index in [-0.39, 0.29) is 17.7 Å². The van der Waals surface area contributed by atoms with Crippen molar-refractivity contribution < 1.29 is 14.2 Å². The van der Waals surface area contributed by atoms with Crippen LogP contribution < -0.4 is 21.0 Å². The van der Waals surface area contributed by atoms with E-state index in [2.05, 4.69) is 78.9 Å². The minimum absolute atomic E-state index is 0.208. The average Bonchev–Trinajstić information content (AvgIpc) is 3.03. The van der Waals surface area contributed by atoms with Gasteiger partial charge in [0.05, 0.1) is 11.2 Å². The predicted octanol–water partition coefficient (Wildman–Crippen LogP) is 5.69. The predicted molar refractivity (Wildman–Crippen MR) is 177 cm³/mol. The zero-order valence-electron chi connectivity index (χ0n) is 25.3. The highest BCUT2D eigenvalue weighted by Gasteiger charge is 2.31. The third-order valence-corrected chi connectivity index (χ3v) is 9.36. The second-order valence-corrected chi connectivity index (χ2v) is 12.8. The maximum absolute atomic E-state index is 14.0. The molecular formula is C39H33BFNO2-. The zero-order chi connectivity index (χ0) is 30.6. The van der Waals surface area contributed by atoms with Crippen molar-refractivity contribution in [2.45, 2.75) is 38.9 Å². The number of halogens is 1. The van der Waals surface area contributed by atoms with Crippen LogP contribution in [0.3, 0.4) is 0 Å². The van der Waals surface area contributed by atoms with Crippen molar-refractivity contribution in [3.63, 3.8) is 0 Å². The van der Waals surface area contributed by atoms with Crippen LogP contribution in [0.1, 0.15) is 27.7 Å². The second-order valence-electron chi connectivity index (χ2n) is 12.8. The molecule has 1 radical (unpaired) electrons. The molecule has 1 heterocycles. The molecule has 0 aliphatic heterocycles. The van der Waals surface area contributed by atoms with Gasteiger partial charge in [-0.2, -0.15) is 0 Å². The number of fused-ring (bicyclic) bond motifs is 6. The molecular weight excluding hydrogens is 544 g/mol. The number of hydrogen-bond acceptors (Lipinski definition) is 3. The van der Waals surface area contributed by atoms with E-state index < -0.39 is 11.2 Å². The molecule has 0 amide bonds. The second kappa shape index (κ2) is 10.7. The molecule has 2 unspecified atom stereocenters. The Balaban J connectivity index is 1.42. The summed E-state index contributed by atoms with van der Waals surface area (Å²) in [5.41, 5.74) is 5.93. The van der Waals surface area contributed by atoms with Crippen molar-refractivity contribution in [3.8, 4) is 22.4 Å². The number of benzene rings is 3. The van der Waals surface area contributed by atoms with Gasteiger partial charge in [-0.25, -0.2) is 9.37 Å². The van der Waals surface area contributed by atoms with Crippen molar-refractivity contribution in [2.75, 3.05) is 0 Å². The number of nitrogens with zero attached hydrogens (tertiary/aromatic N) is 1. The Hall–Kier alpha value is -4.32. The van der Waals surface area contributed by atoms with Crippen molar-refractivity contribution in [1.82, 2.24) is 4.98 Å². The van der Waals surface area contributed by atoms with Crippen molar-refractivity contribution in [1.29, 1.82) is 0 Å². The first kappa shape index (κ1) is 28.5. The minimum atomic E-state index is -1.26. The fraction of sp³-hybridized carbons (Fsp3) is 0.205. The quantitative estimate of drug-likeness (QED) is 0.277. The lowest BCUT2D eigenvalue weighted by atomic mass is 9.71. The summed E-state index contributed by atoms with van der Waals surface area (Å²) >= 11 is 0. The van der Waals surface area contributed by atoms with Gasteiger partial charge in [-0.3, -0.25) is 0 Å². The molecule has 4 aromatic rings. The van der Waals surface area contributed by atoms with Crippen LogP contribution in [0.5, 0.6) is 0 Å². The van der Waals surface area contributed by atoms with Crippen LogP contribution in [0.4, 0.5) is 4.39 Å². The van der Waals surface area contributed by atoms with Gasteiger partial charge >= 0.3 is 7.48 Å². The van der Waals surface area contributed by atoms with E-state index in [1.54, 1.807) is 21.3 Å². The lowest BCUT2D eigenvalue weighted by Gasteiger charge is -2.47. The molecule has 3 aliphatic carbocycles. The lowest BCUT2D eigenvalue weighted by molar-refractivity contribution is -0.495. The highest BCUT2D eigenvalue weighted by molar-refractivity contribution is 6.47. The van der Waals surface area contributed by atoms with Crippen molar-refractivity contribution in [2.24, 2.45) is 11.8 Å². The van der Waals surface area contributed by atoms with Gasteiger partial charge in [-0.1, -0.05) is 110 Å². The molecule has 1 aromatic heterocycles. The molecule has 0 bridgehead atoms. The van der Waals surface area contributed by atoms with Crippen molar-refractivity contribution in [3.05, 3.63) is 132 Å². The van der Waals surface area contributed by atoms with E-state index in [0.29, 0.717) is 0 Å². The third-order valence-electron chi connectivity index (χ3n) is 9.36. The van der Waals surface area contributed by atoms with Crippen molar-refractivity contribution >= 4 is 35.0 Å². The van der Waals surface area contributed by atoms with Crippen LogP contribution >= 0.6 is 0 Å². The Kier molecular flexibility index (Phi) is 6.91. The number of hydrogen-bond donors (Lipinski definition) is 0. The summed E-state index contributed by atoms with van der Waals surface area (Å²) in [6.45, 7) is 6.90. The van der Waals surface area contributed by atoms with E-state index in [9.17, 15) is 9.50 Å². The van der Waals surface area contributed by atoms with Gasteiger partial charge in [-0.05, 0) is 71.7 Å². The highest BCUT2D eigenvalue weighted by Crippen LogP contribution is 2.38. The van der Waals surface area contributed by atoms with Gasteiger partial charge in [0.2, 0.25) is 0 Å². The molecule has 0 saturated heterocycles. The van der Waals surface area contributed by atoms with E-state index in [4.69, 9.17) is 9.64 Å². The third kappa shape index (κ3) is 4.90. The normalized spacial score (nSPS) is 18.8. The van der Waals surface area contributed by atoms with E-state index in [1.807, 2.05) is 38.1 Å². The van der Waals surface area contributed by atoms with Crippen LogP contribution in [0.25, 0.3) is 44.4 Å². The Morgan fingerprint density at radius 1 is 0.750 bits per heavy atom. The maximum atomic E-state index is 14.0. The molecule has 0 N–H and O–H groups in total. The van der Waals surface area contributed by atoms with Gasteiger partial charge in [0.15, 0.2) is 0 Å². The number of pyridine rings is 1.